The van der Waals surface area contributed by atoms with E-state index in [9.17, 15) is 19.1 Å². The van der Waals surface area contributed by atoms with E-state index in [0.717, 1.165) is 29.5 Å². The Labute approximate surface area is 199 Å². The summed E-state index contributed by atoms with van der Waals surface area (Å²) < 4.78 is 24.6. The Morgan fingerprint density at radius 3 is 2.68 bits per heavy atom. The maximum Gasteiger partial charge on any atom is 0.409 e. The SMILES string of the molecule is CCCCOC(=O)N1CCO[C@H](C(=O)N2CCc3ccccc3[C@@H]2c2ccc(F)cc2)[C@H](O)C1. The number of amides is 2. The molecule has 0 unspecified atom stereocenters. The van der Waals surface area contributed by atoms with Crippen molar-refractivity contribution in [1.82, 2.24) is 9.80 Å². The zero-order chi connectivity index (χ0) is 24.1. The number of halogens is 1. The van der Waals surface area contributed by atoms with Crippen LogP contribution in [0.1, 0.15) is 42.5 Å². The van der Waals surface area contributed by atoms with Crippen molar-refractivity contribution in [3.63, 3.8) is 0 Å². The van der Waals surface area contributed by atoms with E-state index in [-0.39, 0.29) is 31.4 Å². The number of nitrogens with zero attached hydrogens (tertiary/aromatic N) is 2. The highest BCUT2D eigenvalue weighted by Gasteiger charge is 2.40. The molecule has 1 N–H and O–H groups in total. The fourth-order valence-corrected chi connectivity index (χ4v) is 4.58. The molecule has 2 aliphatic heterocycles. The lowest BCUT2D eigenvalue weighted by atomic mass is 9.87. The van der Waals surface area contributed by atoms with Gasteiger partial charge < -0.3 is 24.4 Å². The van der Waals surface area contributed by atoms with Gasteiger partial charge in [-0.05, 0) is 41.7 Å². The number of β-amino-alcohol motifs (C(OH)–C–C–N with tert-alkyl or cyclic N) is 1. The average molecular weight is 471 g/mol. The van der Waals surface area contributed by atoms with Crippen molar-refractivity contribution in [1.29, 1.82) is 0 Å². The van der Waals surface area contributed by atoms with E-state index in [1.165, 1.54) is 17.0 Å². The fraction of sp³-hybridized carbons (Fsp3) is 0.462. The molecule has 3 atom stereocenters. The quantitative estimate of drug-likeness (QED) is 0.679. The molecule has 2 aromatic rings. The van der Waals surface area contributed by atoms with Crippen molar-refractivity contribution in [2.24, 2.45) is 0 Å². The summed E-state index contributed by atoms with van der Waals surface area (Å²) >= 11 is 0. The molecule has 2 amide bonds. The van der Waals surface area contributed by atoms with Crippen LogP contribution in [0.4, 0.5) is 9.18 Å². The summed E-state index contributed by atoms with van der Waals surface area (Å²) in [6.45, 7) is 3.06. The summed E-state index contributed by atoms with van der Waals surface area (Å²) in [7, 11) is 0. The molecule has 0 aromatic heterocycles. The number of carbonyl (C=O) groups is 2. The molecule has 182 valence electrons. The van der Waals surface area contributed by atoms with Crippen molar-refractivity contribution >= 4 is 12.0 Å². The summed E-state index contributed by atoms with van der Waals surface area (Å²) in [6, 6.07) is 13.6. The predicted molar refractivity (Wildman–Crippen MR) is 124 cm³/mol. The number of hydrogen-bond acceptors (Lipinski definition) is 5. The second-order valence-corrected chi connectivity index (χ2v) is 8.71. The first kappa shape index (κ1) is 24.2. The molecule has 2 aromatic carbocycles. The van der Waals surface area contributed by atoms with Gasteiger partial charge in [-0.15, -0.1) is 0 Å². The Hall–Kier alpha value is -2.97. The van der Waals surface area contributed by atoms with Gasteiger partial charge in [0.05, 0.1) is 25.8 Å². The summed E-state index contributed by atoms with van der Waals surface area (Å²) in [6.07, 6.45) is -0.482. The van der Waals surface area contributed by atoms with Crippen LogP contribution in [0.15, 0.2) is 48.5 Å². The van der Waals surface area contributed by atoms with Gasteiger partial charge in [-0.2, -0.15) is 0 Å². The zero-order valence-corrected chi connectivity index (χ0v) is 19.4. The minimum Gasteiger partial charge on any atom is -0.449 e. The van der Waals surface area contributed by atoms with Crippen LogP contribution >= 0.6 is 0 Å². The monoisotopic (exact) mass is 470 g/mol. The van der Waals surface area contributed by atoms with Crippen molar-refractivity contribution in [2.75, 3.05) is 32.8 Å². The highest BCUT2D eigenvalue weighted by atomic mass is 19.1. The van der Waals surface area contributed by atoms with Gasteiger partial charge >= 0.3 is 6.09 Å². The van der Waals surface area contributed by atoms with Crippen LogP contribution in [0, 0.1) is 5.82 Å². The largest absolute Gasteiger partial charge is 0.449 e. The Morgan fingerprint density at radius 2 is 1.91 bits per heavy atom. The highest BCUT2D eigenvalue weighted by Crippen LogP contribution is 2.36. The van der Waals surface area contributed by atoms with Gasteiger partial charge in [0.1, 0.15) is 11.9 Å². The third-order valence-electron chi connectivity index (χ3n) is 6.39. The number of unbranched alkanes of at least 4 members (excludes halogenated alkanes) is 1. The van der Waals surface area contributed by atoms with E-state index in [1.807, 2.05) is 31.2 Å². The normalized spacial score (nSPS) is 22.6. The lowest BCUT2D eigenvalue weighted by Gasteiger charge is -2.40. The lowest BCUT2D eigenvalue weighted by molar-refractivity contribution is -0.152. The van der Waals surface area contributed by atoms with Crippen molar-refractivity contribution in [3.05, 3.63) is 71.0 Å². The number of ether oxygens (including phenoxy) is 2. The molecule has 2 heterocycles. The molecule has 0 saturated carbocycles. The first-order valence-corrected chi connectivity index (χ1v) is 11.8. The van der Waals surface area contributed by atoms with Crippen LogP contribution in [0.2, 0.25) is 0 Å². The van der Waals surface area contributed by atoms with Gasteiger partial charge in [0.25, 0.3) is 5.91 Å². The number of aliphatic hydroxyl groups is 1. The average Bonchev–Trinajstić information content (AvgIpc) is 3.05. The maximum atomic E-state index is 13.7. The second kappa shape index (κ2) is 11.0. The molecule has 0 spiro atoms. The van der Waals surface area contributed by atoms with Crippen LogP contribution < -0.4 is 0 Å². The molecule has 34 heavy (non-hydrogen) atoms. The third-order valence-corrected chi connectivity index (χ3v) is 6.39. The van der Waals surface area contributed by atoms with Gasteiger partial charge in [0.15, 0.2) is 6.10 Å². The smallest absolute Gasteiger partial charge is 0.409 e. The number of benzene rings is 2. The number of carbonyl (C=O) groups excluding carboxylic acids is 2. The van der Waals surface area contributed by atoms with Crippen molar-refractivity contribution in [2.45, 2.75) is 44.4 Å². The summed E-state index contributed by atoms with van der Waals surface area (Å²) in [5, 5.41) is 10.9. The molecule has 0 bridgehead atoms. The number of hydrogen-bond donors (Lipinski definition) is 1. The van der Waals surface area contributed by atoms with E-state index in [1.54, 1.807) is 17.0 Å². The van der Waals surface area contributed by atoms with E-state index in [0.29, 0.717) is 19.6 Å². The highest BCUT2D eigenvalue weighted by molar-refractivity contribution is 5.83. The van der Waals surface area contributed by atoms with Crippen LogP contribution in [0.25, 0.3) is 0 Å². The molecule has 8 heteroatoms. The summed E-state index contributed by atoms with van der Waals surface area (Å²) in [5.41, 5.74) is 2.88. The first-order valence-electron chi connectivity index (χ1n) is 11.8. The van der Waals surface area contributed by atoms with Gasteiger partial charge in [-0.3, -0.25) is 4.79 Å². The molecule has 4 rings (SSSR count). The Balaban J connectivity index is 1.55. The van der Waals surface area contributed by atoms with E-state index < -0.39 is 24.3 Å². The Kier molecular flexibility index (Phi) is 7.80. The van der Waals surface area contributed by atoms with Crippen molar-refractivity contribution < 1.29 is 28.6 Å². The molecule has 0 aliphatic carbocycles. The zero-order valence-electron chi connectivity index (χ0n) is 19.4. The van der Waals surface area contributed by atoms with E-state index in [2.05, 4.69) is 0 Å². The molecular weight excluding hydrogens is 439 g/mol. The molecule has 0 radical (unpaired) electrons. The molecule has 2 aliphatic rings. The van der Waals surface area contributed by atoms with Gasteiger partial charge in [-0.1, -0.05) is 49.7 Å². The van der Waals surface area contributed by atoms with Gasteiger partial charge in [-0.25, -0.2) is 9.18 Å². The Bertz CT molecular complexity index is 999. The number of fused-ring (bicyclic) bond motifs is 1. The van der Waals surface area contributed by atoms with Crippen molar-refractivity contribution in [3.8, 4) is 0 Å². The summed E-state index contributed by atoms with van der Waals surface area (Å²) in [5.74, 6) is -0.698. The molecule has 7 nitrogen and oxygen atoms in total. The molecule has 1 saturated heterocycles. The predicted octanol–water partition coefficient (Wildman–Crippen LogP) is 3.30. The van der Waals surface area contributed by atoms with Crippen LogP contribution in [-0.2, 0) is 20.7 Å². The molecular formula is C26H31FN2O5. The summed E-state index contributed by atoms with van der Waals surface area (Å²) in [4.78, 5) is 29.1. The van der Waals surface area contributed by atoms with Crippen LogP contribution in [-0.4, -0.2) is 72.0 Å². The standard InChI is InChI=1S/C26H31FN2O5/c1-2-3-15-34-26(32)28-14-16-33-24(22(30)17-28)25(31)29-13-12-18-6-4-5-7-21(18)23(29)19-8-10-20(27)11-9-19/h4-11,22-24,30H,2-3,12-17H2,1H3/t22-,23+,24+/m1/s1. The van der Waals surface area contributed by atoms with E-state index >= 15 is 0 Å². The van der Waals surface area contributed by atoms with Gasteiger partial charge in [0, 0.05) is 13.1 Å². The van der Waals surface area contributed by atoms with Crippen LogP contribution in [0.5, 0.6) is 0 Å². The Morgan fingerprint density at radius 1 is 1.15 bits per heavy atom. The molecule has 1 fully saturated rings. The minimum atomic E-state index is -1.19. The van der Waals surface area contributed by atoms with Gasteiger partial charge in [0.2, 0.25) is 0 Å². The van der Waals surface area contributed by atoms with Crippen LogP contribution in [0.3, 0.4) is 0 Å². The lowest BCUT2D eigenvalue weighted by Crippen LogP contribution is -2.51. The second-order valence-electron chi connectivity index (χ2n) is 8.71. The van der Waals surface area contributed by atoms with E-state index in [4.69, 9.17) is 9.47 Å². The number of rotatable bonds is 5. The fourth-order valence-electron chi connectivity index (χ4n) is 4.58. The third kappa shape index (κ3) is 5.23. The topological polar surface area (TPSA) is 79.3 Å². The minimum absolute atomic E-state index is 0.0486. The maximum absolute atomic E-state index is 13.7. The first-order chi connectivity index (χ1) is 16.5. The number of aliphatic hydroxyl groups excluding tert-OH is 1.